The topological polar surface area (TPSA) is 49.4 Å². The monoisotopic (exact) mass is 292 g/mol. The minimum absolute atomic E-state index is 0.462. The third kappa shape index (κ3) is 4.74. The second kappa shape index (κ2) is 8.43. The number of amides is 1. The summed E-state index contributed by atoms with van der Waals surface area (Å²) in [4.78, 5) is 25.4. The van der Waals surface area contributed by atoms with E-state index < -0.39 is 11.7 Å². The minimum atomic E-state index is -0.499. The van der Waals surface area contributed by atoms with Crippen LogP contribution in [-0.4, -0.2) is 35.9 Å². The highest BCUT2D eigenvalue weighted by Crippen LogP contribution is 2.16. The molecule has 0 aliphatic heterocycles. The van der Waals surface area contributed by atoms with Crippen molar-refractivity contribution < 1.29 is 9.59 Å². The Morgan fingerprint density at radius 2 is 1.80 bits per heavy atom. The van der Waals surface area contributed by atoms with Crippen molar-refractivity contribution in [2.24, 2.45) is 0 Å². The predicted molar refractivity (Wildman–Crippen MR) is 84.6 cm³/mol. The first-order chi connectivity index (χ1) is 9.62. The number of rotatable bonds is 7. The molecule has 1 aromatic rings. The number of hydrogen-bond donors (Lipinski definition) is 1. The lowest BCUT2D eigenvalue weighted by Crippen LogP contribution is -2.35. The molecule has 0 unspecified atom stereocenters. The molecule has 1 amide bonds. The molecule has 0 radical (unpaired) electrons. The maximum atomic E-state index is 11.9. The maximum Gasteiger partial charge on any atom is 0.294 e. The average Bonchev–Trinajstić information content (AvgIpc) is 2.48. The first-order valence-corrected chi connectivity index (χ1v) is 7.75. The summed E-state index contributed by atoms with van der Waals surface area (Å²) in [7, 11) is 0. The molecule has 20 heavy (non-hydrogen) atoms. The number of para-hydroxylation sites is 1. The van der Waals surface area contributed by atoms with Crippen molar-refractivity contribution >= 4 is 29.1 Å². The predicted octanol–water partition coefficient (Wildman–Crippen LogP) is 2.74. The largest absolute Gasteiger partial charge is 0.350 e. The quantitative estimate of drug-likeness (QED) is 0.620. The maximum absolute atomic E-state index is 11.9. The van der Waals surface area contributed by atoms with Gasteiger partial charge in [0.2, 0.25) is 5.78 Å². The van der Waals surface area contributed by atoms with Gasteiger partial charge in [-0.05, 0) is 32.2 Å². The molecule has 0 aliphatic carbocycles. The van der Waals surface area contributed by atoms with Gasteiger partial charge in [0.1, 0.15) is 0 Å². The molecule has 4 nitrogen and oxygen atoms in total. The van der Waals surface area contributed by atoms with Crippen molar-refractivity contribution in [3.63, 3.8) is 0 Å². The Balaban J connectivity index is 2.78. The van der Waals surface area contributed by atoms with Gasteiger partial charge in [0, 0.05) is 24.9 Å². The smallest absolute Gasteiger partial charge is 0.294 e. The van der Waals surface area contributed by atoms with E-state index in [4.69, 9.17) is 0 Å². The van der Waals surface area contributed by atoms with Gasteiger partial charge >= 0.3 is 0 Å². The molecule has 1 N–H and O–H groups in total. The SMILES string of the molecule is CCN(CC)C(=O)C(=O)/C=C(/Nc1ccccc1)SC. The number of hydrogen-bond acceptors (Lipinski definition) is 4. The summed E-state index contributed by atoms with van der Waals surface area (Å²) in [6.45, 7) is 4.79. The molecule has 0 saturated heterocycles. The highest BCUT2D eigenvalue weighted by molar-refractivity contribution is 8.02. The number of nitrogens with zero attached hydrogens (tertiary/aromatic N) is 1. The van der Waals surface area contributed by atoms with E-state index in [2.05, 4.69) is 5.32 Å². The lowest BCUT2D eigenvalue weighted by atomic mass is 10.3. The number of carbonyl (C=O) groups is 2. The standard InChI is InChI=1S/C15H20N2O2S/c1-4-17(5-2)15(19)13(18)11-14(20-3)16-12-9-7-6-8-10-12/h6-11,16H,4-5H2,1-3H3/b14-11-. The van der Waals surface area contributed by atoms with Crippen molar-refractivity contribution in [3.05, 3.63) is 41.4 Å². The van der Waals surface area contributed by atoms with Crippen LogP contribution in [0.1, 0.15) is 13.8 Å². The fraction of sp³-hybridized carbons (Fsp3) is 0.333. The van der Waals surface area contributed by atoms with E-state index in [9.17, 15) is 9.59 Å². The molecule has 0 spiro atoms. The van der Waals surface area contributed by atoms with Crippen LogP contribution < -0.4 is 5.32 Å². The fourth-order valence-corrected chi connectivity index (χ4v) is 2.10. The Morgan fingerprint density at radius 3 is 2.30 bits per heavy atom. The van der Waals surface area contributed by atoms with E-state index in [-0.39, 0.29) is 0 Å². The fourth-order valence-electron chi connectivity index (χ4n) is 1.66. The van der Waals surface area contributed by atoms with Crippen molar-refractivity contribution in [3.8, 4) is 0 Å². The van der Waals surface area contributed by atoms with E-state index in [0.29, 0.717) is 18.1 Å². The van der Waals surface area contributed by atoms with Crippen molar-refractivity contribution in [2.75, 3.05) is 24.7 Å². The Bertz CT molecular complexity index is 482. The Hall–Kier alpha value is -1.75. The highest BCUT2D eigenvalue weighted by atomic mass is 32.2. The van der Waals surface area contributed by atoms with E-state index in [0.717, 1.165) is 5.69 Å². The van der Waals surface area contributed by atoms with Gasteiger partial charge in [-0.3, -0.25) is 9.59 Å². The lowest BCUT2D eigenvalue weighted by Gasteiger charge is -2.16. The van der Waals surface area contributed by atoms with E-state index >= 15 is 0 Å². The Morgan fingerprint density at radius 1 is 1.20 bits per heavy atom. The summed E-state index contributed by atoms with van der Waals surface area (Å²) in [5, 5.41) is 3.78. The second-order valence-corrected chi connectivity index (χ2v) is 4.89. The number of carbonyl (C=O) groups excluding carboxylic acids is 2. The summed E-state index contributed by atoms with van der Waals surface area (Å²) in [5.74, 6) is -0.960. The molecule has 0 fully saturated rings. The Labute approximate surface area is 124 Å². The number of anilines is 1. The summed E-state index contributed by atoms with van der Waals surface area (Å²) >= 11 is 1.40. The molecular formula is C15H20N2O2S. The highest BCUT2D eigenvalue weighted by Gasteiger charge is 2.17. The number of ketones is 1. The summed E-state index contributed by atoms with van der Waals surface area (Å²) < 4.78 is 0. The van der Waals surface area contributed by atoms with Crippen LogP contribution in [0.3, 0.4) is 0 Å². The second-order valence-electron chi connectivity index (χ2n) is 4.05. The lowest BCUT2D eigenvalue weighted by molar-refractivity contribution is -0.142. The number of benzene rings is 1. The zero-order valence-corrected chi connectivity index (χ0v) is 12.9. The average molecular weight is 292 g/mol. The van der Waals surface area contributed by atoms with Gasteiger partial charge in [0.15, 0.2) is 0 Å². The molecular weight excluding hydrogens is 272 g/mol. The molecule has 1 aromatic carbocycles. The molecule has 0 aromatic heterocycles. The summed E-state index contributed by atoms with van der Waals surface area (Å²) in [6.07, 6.45) is 3.22. The van der Waals surface area contributed by atoms with E-state index in [1.54, 1.807) is 0 Å². The van der Waals surface area contributed by atoms with Crippen LogP contribution in [-0.2, 0) is 9.59 Å². The van der Waals surface area contributed by atoms with Crippen molar-refractivity contribution in [1.29, 1.82) is 0 Å². The van der Waals surface area contributed by atoms with Gasteiger partial charge in [-0.15, -0.1) is 11.8 Å². The van der Waals surface area contributed by atoms with Crippen molar-refractivity contribution in [1.82, 2.24) is 4.90 Å². The first kappa shape index (κ1) is 16.3. The van der Waals surface area contributed by atoms with Crippen LogP contribution >= 0.6 is 11.8 Å². The Kier molecular flexibility index (Phi) is 6.87. The van der Waals surface area contributed by atoms with Gasteiger partial charge in [0.25, 0.3) is 5.91 Å². The molecule has 0 heterocycles. The van der Waals surface area contributed by atoms with Gasteiger partial charge in [-0.2, -0.15) is 0 Å². The zero-order chi connectivity index (χ0) is 15.0. The number of nitrogens with one attached hydrogen (secondary N) is 1. The summed E-state index contributed by atoms with van der Waals surface area (Å²) in [5.41, 5.74) is 0.885. The molecule has 108 valence electrons. The van der Waals surface area contributed by atoms with Crippen LogP contribution in [0.25, 0.3) is 0 Å². The third-order valence-electron chi connectivity index (χ3n) is 2.78. The van der Waals surface area contributed by atoms with E-state index in [1.807, 2.05) is 50.4 Å². The third-order valence-corrected chi connectivity index (χ3v) is 3.44. The zero-order valence-electron chi connectivity index (χ0n) is 12.1. The minimum Gasteiger partial charge on any atom is -0.350 e. The summed E-state index contributed by atoms with van der Waals surface area (Å²) in [6, 6.07) is 9.54. The van der Waals surface area contributed by atoms with Crippen molar-refractivity contribution in [2.45, 2.75) is 13.8 Å². The molecule has 1 rings (SSSR count). The van der Waals surface area contributed by atoms with Crippen LogP contribution in [0.15, 0.2) is 41.4 Å². The van der Waals surface area contributed by atoms with Crippen LogP contribution in [0.4, 0.5) is 5.69 Å². The molecule has 0 aliphatic rings. The van der Waals surface area contributed by atoms with Gasteiger partial charge in [-0.1, -0.05) is 18.2 Å². The van der Waals surface area contributed by atoms with E-state index in [1.165, 1.54) is 22.7 Å². The van der Waals surface area contributed by atoms with Gasteiger partial charge in [-0.25, -0.2) is 0 Å². The molecule has 0 atom stereocenters. The first-order valence-electron chi connectivity index (χ1n) is 6.53. The normalized spacial score (nSPS) is 11.1. The molecule has 0 bridgehead atoms. The molecule has 5 heteroatoms. The van der Waals surface area contributed by atoms with Crippen LogP contribution in [0.5, 0.6) is 0 Å². The van der Waals surface area contributed by atoms with Gasteiger partial charge in [0.05, 0.1) is 5.03 Å². The van der Waals surface area contributed by atoms with Crippen LogP contribution in [0.2, 0.25) is 0 Å². The number of thioether (sulfide) groups is 1. The molecule has 0 saturated carbocycles. The number of likely N-dealkylation sites (N-methyl/N-ethyl adjacent to an activating group) is 1. The van der Waals surface area contributed by atoms with Gasteiger partial charge < -0.3 is 10.2 Å². The van der Waals surface area contributed by atoms with Crippen LogP contribution in [0, 0.1) is 0 Å².